The van der Waals surface area contributed by atoms with Crippen LogP contribution in [0.15, 0.2) is 59.0 Å². The molecule has 0 saturated heterocycles. The van der Waals surface area contributed by atoms with E-state index in [9.17, 15) is 24.3 Å². The van der Waals surface area contributed by atoms with Crippen molar-refractivity contribution in [3.05, 3.63) is 59.0 Å². The number of primary amides is 1. The van der Waals surface area contributed by atoms with Gasteiger partial charge >= 0.3 is 6.09 Å². The molecule has 2 aliphatic rings. The van der Waals surface area contributed by atoms with E-state index in [0.29, 0.717) is 24.0 Å². The van der Waals surface area contributed by atoms with Crippen molar-refractivity contribution in [1.29, 1.82) is 0 Å². The zero-order valence-corrected chi connectivity index (χ0v) is 26.3. The van der Waals surface area contributed by atoms with Crippen molar-refractivity contribution >= 4 is 23.6 Å². The number of fused-ring (bicyclic) bond motifs is 2. The van der Waals surface area contributed by atoms with Crippen LogP contribution in [0.1, 0.15) is 53.9 Å². The third kappa shape index (κ3) is 9.47. The highest BCUT2D eigenvalue weighted by molar-refractivity contribution is 6.23. The van der Waals surface area contributed by atoms with Crippen LogP contribution in [0.25, 0.3) is 0 Å². The van der Waals surface area contributed by atoms with Gasteiger partial charge in [0.1, 0.15) is 6.10 Å². The molecule has 1 aliphatic heterocycles. The fraction of sp³-hybridized carbons (Fsp3) is 0.562. The van der Waals surface area contributed by atoms with Crippen molar-refractivity contribution < 1.29 is 38.5 Å². The number of nitrogens with one attached hydrogen (secondary N) is 2. The van der Waals surface area contributed by atoms with E-state index in [2.05, 4.69) is 17.2 Å². The Balaban J connectivity index is 2.62. The first-order valence-electron chi connectivity index (χ1n) is 14.5. The van der Waals surface area contributed by atoms with Crippen LogP contribution < -0.4 is 16.4 Å². The fourth-order valence-corrected chi connectivity index (χ4v) is 5.51. The second-order valence-electron chi connectivity index (χ2n) is 11.5. The number of nitrogens with two attached hydrogens (primary N) is 1. The molecular weight excluding hydrogens is 554 g/mol. The van der Waals surface area contributed by atoms with Crippen molar-refractivity contribution in [3.63, 3.8) is 0 Å². The number of allylic oxidation sites excluding steroid dienone is 3. The highest BCUT2D eigenvalue weighted by atomic mass is 16.6. The summed E-state index contributed by atoms with van der Waals surface area (Å²) in [6.45, 7) is 12.9. The third-order valence-electron chi connectivity index (χ3n) is 7.93. The van der Waals surface area contributed by atoms with Crippen LogP contribution in [0, 0.1) is 17.8 Å². The Morgan fingerprint density at radius 1 is 1.19 bits per heavy atom. The Hall–Kier alpha value is -3.54. The largest absolute Gasteiger partial charge is 0.439 e. The van der Waals surface area contributed by atoms with Crippen LogP contribution in [0.3, 0.4) is 0 Å². The lowest BCUT2D eigenvalue weighted by molar-refractivity contribution is -0.120. The van der Waals surface area contributed by atoms with E-state index in [-0.39, 0.29) is 41.8 Å². The maximum absolute atomic E-state index is 13.6. The molecule has 0 spiro atoms. The van der Waals surface area contributed by atoms with Gasteiger partial charge in [0.05, 0.1) is 23.6 Å². The fourth-order valence-electron chi connectivity index (χ4n) is 5.51. The average molecular weight is 602 g/mol. The zero-order valence-electron chi connectivity index (χ0n) is 26.3. The normalized spacial score (nSPS) is 32.5. The van der Waals surface area contributed by atoms with Crippen LogP contribution >= 0.6 is 0 Å². The Morgan fingerprint density at radius 3 is 2.44 bits per heavy atom. The number of carbonyl (C=O) groups is 4. The first-order chi connectivity index (χ1) is 20.2. The second-order valence-corrected chi connectivity index (χ2v) is 11.5. The average Bonchev–Trinajstić information content (AvgIpc) is 2.95. The summed E-state index contributed by atoms with van der Waals surface area (Å²) in [5.74, 6) is -2.29. The molecule has 0 aromatic rings. The number of aliphatic hydroxyl groups is 1. The summed E-state index contributed by atoms with van der Waals surface area (Å²) in [4.78, 5) is 51.7. The van der Waals surface area contributed by atoms with Gasteiger partial charge in [0.25, 0.3) is 5.91 Å². The molecule has 0 aromatic heterocycles. The van der Waals surface area contributed by atoms with Gasteiger partial charge in [0, 0.05) is 43.9 Å². The van der Waals surface area contributed by atoms with Crippen molar-refractivity contribution in [2.45, 2.75) is 78.3 Å². The predicted octanol–water partition coefficient (Wildman–Crippen LogP) is 3.01. The minimum atomic E-state index is -0.969. The number of ketones is 2. The Bertz CT molecular complexity index is 1200. The van der Waals surface area contributed by atoms with E-state index in [1.807, 2.05) is 20.8 Å². The van der Waals surface area contributed by atoms with Gasteiger partial charge in [0.15, 0.2) is 6.10 Å². The predicted molar refractivity (Wildman–Crippen MR) is 162 cm³/mol. The molecule has 5 N–H and O–H groups in total. The molecule has 0 saturated carbocycles. The number of amides is 2. The van der Waals surface area contributed by atoms with Crippen molar-refractivity contribution in [3.8, 4) is 0 Å². The first-order valence-corrected chi connectivity index (χ1v) is 14.5. The van der Waals surface area contributed by atoms with Gasteiger partial charge in [-0.3, -0.25) is 14.4 Å². The number of hydrogen-bond acceptors (Lipinski definition) is 9. The standard InChI is InChI=1S/C32H47N3O8/c1-9-12-34-26-22-13-17(2)14-25(41-7)27(37)20(5)15-21(6)30(43-32(33)40)29(42-8)18(3)10-11-19(4)31(39)35-23(28(22)38)16-24(26)36/h9,11,15-18,20,25,27,29-30,34,37H,1,10,12-14H2,2-8H3,(H2,33,40)(H,35,39)/b19-11+,21-15+/t17-,18?,20+,25+,27-,29+,30+/m1/s1. The van der Waals surface area contributed by atoms with Gasteiger partial charge in [-0.2, -0.15) is 0 Å². The van der Waals surface area contributed by atoms with Gasteiger partial charge in [-0.05, 0) is 50.5 Å². The minimum absolute atomic E-state index is 0.110. The van der Waals surface area contributed by atoms with E-state index in [0.717, 1.165) is 6.08 Å². The molecular formula is C32H47N3O8. The van der Waals surface area contributed by atoms with Gasteiger partial charge in [-0.25, -0.2) is 4.79 Å². The molecule has 11 heteroatoms. The monoisotopic (exact) mass is 601 g/mol. The van der Waals surface area contributed by atoms with Crippen LogP contribution in [0.4, 0.5) is 4.79 Å². The molecule has 7 atom stereocenters. The molecule has 238 valence electrons. The minimum Gasteiger partial charge on any atom is -0.439 e. The van der Waals surface area contributed by atoms with E-state index in [1.54, 1.807) is 32.1 Å². The highest BCUT2D eigenvalue weighted by Gasteiger charge is 2.35. The Morgan fingerprint density at radius 2 is 1.86 bits per heavy atom. The van der Waals surface area contributed by atoms with Gasteiger partial charge in [-0.15, -0.1) is 6.58 Å². The number of ether oxygens (including phenoxy) is 3. The summed E-state index contributed by atoms with van der Waals surface area (Å²) in [6, 6.07) is 0. The zero-order chi connectivity index (χ0) is 32.4. The number of methoxy groups -OCH3 is 2. The van der Waals surface area contributed by atoms with E-state index < -0.39 is 53.9 Å². The number of aliphatic hydroxyl groups excluding tert-OH is 1. The number of Topliss-reactive ketones (excluding diaryl/α,β-unsaturated/α-hetero) is 1. The van der Waals surface area contributed by atoms with Crippen LogP contribution in [-0.4, -0.2) is 73.9 Å². The Kier molecular flexibility index (Phi) is 13.6. The molecule has 43 heavy (non-hydrogen) atoms. The molecule has 1 aliphatic carbocycles. The molecule has 1 unspecified atom stereocenters. The quantitative estimate of drug-likeness (QED) is 0.264. The summed E-state index contributed by atoms with van der Waals surface area (Å²) in [6.07, 6.45) is 3.11. The maximum Gasteiger partial charge on any atom is 0.405 e. The summed E-state index contributed by atoms with van der Waals surface area (Å²) in [7, 11) is 2.99. The second kappa shape index (κ2) is 16.3. The SMILES string of the molecule is C=CCNC1=C2C[C@@H](C)C[C@H](OC)[C@H](O)[C@@H](C)/C=C(\C)[C@H](OC(N)=O)[C@@H](OC)C(C)C/C=C(\C)C(=O)NC(=CC1=O)C2=O. The first kappa shape index (κ1) is 35.7. The van der Waals surface area contributed by atoms with E-state index in [1.165, 1.54) is 14.2 Å². The van der Waals surface area contributed by atoms with Crippen LogP contribution in [0.2, 0.25) is 0 Å². The van der Waals surface area contributed by atoms with Crippen molar-refractivity contribution in [2.75, 3.05) is 20.8 Å². The maximum atomic E-state index is 13.6. The summed E-state index contributed by atoms with van der Waals surface area (Å²) >= 11 is 0. The lowest BCUT2D eigenvalue weighted by Crippen LogP contribution is -2.40. The lowest BCUT2D eigenvalue weighted by Gasteiger charge is -2.32. The molecule has 0 aromatic carbocycles. The van der Waals surface area contributed by atoms with Gasteiger partial charge in [-0.1, -0.05) is 39.0 Å². The molecule has 0 fully saturated rings. The van der Waals surface area contributed by atoms with E-state index >= 15 is 0 Å². The molecule has 1 heterocycles. The molecule has 11 nitrogen and oxygen atoms in total. The van der Waals surface area contributed by atoms with Crippen LogP contribution in [-0.2, 0) is 28.6 Å². The van der Waals surface area contributed by atoms with Gasteiger partial charge < -0.3 is 35.7 Å². The van der Waals surface area contributed by atoms with Crippen molar-refractivity contribution in [1.82, 2.24) is 10.6 Å². The molecule has 2 rings (SSSR count). The third-order valence-corrected chi connectivity index (χ3v) is 7.93. The molecule has 2 bridgehead atoms. The summed E-state index contributed by atoms with van der Waals surface area (Å²) in [5, 5.41) is 16.9. The number of carbonyl (C=O) groups excluding carboxylic acids is 4. The number of hydrogen-bond donors (Lipinski definition) is 4. The summed E-state index contributed by atoms with van der Waals surface area (Å²) < 4.78 is 16.9. The highest BCUT2D eigenvalue weighted by Crippen LogP contribution is 2.30. The topological polar surface area (TPSA) is 166 Å². The van der Waals surface area contributed by atoms with Gasteiger partial charge in [0.2, 0.25) is 11.6 Å². The number of rotatable bonds is 6. The van der Waals surface area contributed by atoms with Crippen LogP contribution in [0.5, 0.6) is 0 Å². The summed E-state index contributed by atoms with van der Waals surface area (Å²) in [5.41, 5.74) is 6.67. The Labute approximate surface area is 254 Å². The smallest absolute Gasteiger partial charge is 0.405 e. The lowest BCUT2D eigenvalue weighted by atomic mass is 9.85. The van der Waals surface area contributed by atoms with Crippen molar-refractivity contribution in [2.24, 2.45) is 23.5 Å². The van der Waals surface area contributed by atoms with E-state index in [4.69, 9.17) is 19.9 Å². The molecule has 2 amide bonds. The molecule has 0 radical (unpaired) electrons.